The maximum Gasteiger partial charge on any atom is 0.240 e. The molecule has 0 atom stereocenters. The molecule has 2 rings (SSSR count). The molecule has 0 aliphatic rings. The van der Waals surface area contributed by atoms with Gasteiger partial charge in [0.15, 0.2) is 0 Å². The van der Waals surface area contributed by atoms with Gasteiger partial charge >= 0.3 is 0 Å². The minimum atomic E-state index is 0.322. The highest BCUT2D eigenvalue weighted by molar-refractivity contribution is 7.98. The van der Waals surface area contributed by atoms with Crippen LogP contribution in [0.15, 0.2) is 41.4 Å². The molecule has 1 aromatic heterocycles. The maximum atomic E-state index is 5.56. The highest BCUT2D eigenvalue weighted by Crippen LogP contribution is 2.23. The molecule has 0 unspecified atom stereocenters. The fraction of sp³-hybridized carbons (Fsp3) is 0.0909. The van der Waals surface area contributed by atoms with Crippen LogP contribution in [0.1, 0.15) is 0 Å². The molecule has 0 radical (unpaired) electrons. The number of benzene rings is 1. The average Bonchev–Trinajstić information content (AvgIpc) is 2.40. The van der Waals surface area contributed by atoms with Crippen molar-refractivity contribution >= 4 is 17.7 Å². The Hall–Kier alpha value is -1.79. The molecular formula is C11H12N4OS. The average molecular weight is 248 g/mol. The summed E-state index contributed by atoms with van der Waals surface area (Å²) in [5.41, 5.74) is 2.37. The fourth-order valence-electron chi connectivity index (χ4n) is 1.23. The van der Waals surface area contributed by atoms with Crippen molar-refractivity contribution in [2.24, 2.45) is 5.84 Å². The molecule has 5 nitrogen and oxygen atoms in total. The third kappa shape index (κ3) is 3.08. The van der Waals surface area contributed by atoms with E-state index < -0.39 is 0 Å². The second kappa shape index (κ2) is 5.51. The predicted molar refractivity (Wildman–Crippen MR) is 68.1 cm³/mol. The summed E-state index contributed by atoms with van der Waals surface area (Å²) in [5.74, 6) is 6.71. The minimum absolute atomic E-state index is 0.322. The summed E-state index contributed by atoms with van der Waals surface area (Å²) in [7, 11) is 0. The van der Waals surface area contributed by atoms with Crippen molar-refractivity contribution in [3.8, 4) is 11.6 Å². The van der Waals surface area contributed by atoms with Gasteiger partial charge in [-0.1, -0.05) is 0 Å². The van der Waals surface area contributed by atoms with Gasteiger partial charge in [0.05, 0.1) is 0 Å². The predicted octanol–water partition coefficient (Wildman–Crippen LogP) is 2.28. The second-order valence-electron chi connectivity index (χ2n) is 3.14. The van der Waals surface area contributed by atoms with Gasteiger partial charge in [0.2, 0.25) is 11.8 Å². The van der Waals surface area contributed by atoms with Gasteiger partial charge in [0.1, 0.15) is 5.75 Å². The van der Waals surface area contributed by atoms with Crippen LogP contribution < -0.4 is 16.0 Å². The molecule has 0 aliphatic carbocycles. The zero-order valence-electron chi connectivity index (χ0n) is 9.25. The Morgan fingerprint density at radius 1 is 1.24 bits per heavy atom. The lowest BCUT2D eigenvalue weighted by Gasteiger charge is -2.06. The summed E-state index contributed by atoms with van der Waals surface area (Å²) in [6.07, 6.45) is 3.60. The molecule has 0 saturated carbocycles. The van der Waals surface area contributed by atoms with Gasteiger partial charge in [0.25, 0.3) is 0 Å². The number of nitrogens with zero attached hydrogens (tertiary/aromatic N) is 2. The number of hydrogen-bond acceptors (Lipinski definition) is 6. The number of nitrogens with two attached hydrogens (primary N) is 1. The maximum absolute atomic E-state index is 5.56. The smallest absolute Gasteiger partial charge is 0.240 e. The van der Waals surface area contributed by atoms with Crippen LogP contribution in [0.4, 0.5) is 5.95 Å². The minimum Gasteiger partial charge on any atom is -0.439 e. The number of thioether (sulfide) groups is 1. The number of nitrogens with one attached hydrogen (secondary N) is 1. The van der Waals surface area contributed by atoms with Crippen molar-refractivity contribution in [1.82, 2.24) is 9.97 Å². The topological polar surface area (TPSA) is 73.1 Å². The number of ether oxygens (including phenoxy) is 1. The Balaban J connectivity index is 2.13. The molecule has 0 amide bonds. The van der Waals surface area contributed by atoms with Crippen molar-refractivity contribution in [2.45, 2.75) is 4.90 Å². The largest absolute Gasteiger partial charge is 0.439 e. The number of aromatic nitrogens is 2. The summed E-state index contributed by atoms with van der Waals surface area (Å²) < 4.78 is 5.56. The summed E-state index contributed by atoms with van der Waals surface area (Å²) >= 11 is 1.68. The lowest BCUT2D eigenvalue weighted by molar-refractivity contribution is 0.462. The van der Waals surface area contributed by atoms with E-state index in [9.17, 15) is 0 Å². The Bertz CT molecular complexity index is 489. The Kier molecular flexibility index (Phi) is 3.79. The van der Waals surface area contributed by atoms with Crippen LogP contribution in [0.5, 0.6) is 11.6 Å². The summed E-state index contributed by atoms with van der Waals surface area (Å²) in [5, 5.41) is 0. The van der Waals surface area contributed by atoms with E-state index in [-0.39, 0.29) is 0 Å². The van der Waals surface area contributed by atoms with E-state index in [0.717, 1.165) is 5.75 Å². The first-order valence-electron chi connectivity index (χ1n) is 4.93. The molecule has 3 N–H and O–H groups in total. The van der Waals surface area contributed by atoms with Gasteiger partial charge in [-0.25, -0.2) is 10.8 Å². The molecule has 0 fully saturated rings. The highest BCUT2D eigenvalue weighted by atomic mass is 32.2. The van der Waals surface area contributed by atoms with E-state index in [1.54, 1.807) is 24.0 Å². The van der Waals surface area contributed by atoms with Gasteiger partial charge in [0, 0.05) is 17.2 Å². The zero-order chi connectivity index (χ0) is 12.1. The highest BCUT2D eigenvalue weighted by Gasteiger charge is 2.00. The second-order valence-corrected chi connectivity index (χ2v) is 4.02. The van der Waals surface area contributed by atoms with E-state index in [4.69, 9.17) is 10.6 Å². The molecule has 17 heavy (non-hydrogen) atoms. The van der Waals surface area contributed by atoms with Gasteiger partial charge in [-0.3, -0.25) is 5.43 Å². The van der Waals surface area contributed by atoms with Gasteiger partial charge in [-0.05, 0) is 30.5 Å². The third-order valence-corrected chi connectivity index (χ3v) is 2.78. The number of rotatable bonds is 4. The van der Waals surface area contributed by atoms with Gasteiger partial charge < -0.3 is 4.74 Å². The lowest BCUT2D eigenvalue weighted by atomic mass is 10.3. The molecule has 0 spiro atoms. The molecule has 2 aromatic rings. The van der Waals surface area contributed by atoms with Crippen molar-refractivity contribution < 1.29 is 4.74 Å². The fourth-order valence-corrected chi connectivity index (χ4v) is 1.64. The Labute approximate surface area is 103 Å². The number of hydrogen-bond donors (Lipinski definition) is 2. The molecule has 6 heteroatoms. The summed E-state index contributed by atoms with van der Waals surface area (Å²) in [6.45, 7) is 0. The summed E-state index contributed by atoms with van der Waals surface area (Å²) in [4.78, 5) is 9.14. The van der Waals surface area contributed by atoms with E-state index >= 15 is 0 Å². The normalized spacial score (nSPS) is 10.0. The van der Waals surface area contributed by atoms with Crippen LogP contribution in [-0.4, -0.2) is 16.2 Å². The first-order chi connectivity index (χ1) is 8.31. The van der Waals surface area contributed by atoms with Gasteiger partial charge in [-0.15, -0.1) is 11.8 Å². The number of hydrazine groups is 1. The van der Waals surface area contributed by atoms with Crippen LogP contribution in [0.2, 0.25) is 0 Å². The van der Waals surface area contributed by atoms with Crippen molar-refractivity contribution in [1.29, 1.82) is 0 Å². The molecule has 0 aliphatic heterocycles. The van der Waals surface area contributed by atoms with Crippen LogP contribution in [0, 0.1) is 0 Å². The number of anilines is 1. The lowest BCUT2D eigenvalue weighted by Crippen LogP contribution is -2.10. The van der Waals surface area contributed by atoms with Gasteiger partial charge in [-0.2, -0.15) is 4.98 Å². The molecule has 0 bridgehead atoms. The first kappa shape index (κ1) is 11.7. The van der Waals surface area contributed by atoms with E-state index in [1.165, 1.54) is 4.90 Å². The van der Waals surface area contributed by atoms with Crippen molar-refractivity contribution in [2.75, 3.05) is 11.7 Å². The van der Waals surface area contributed by atoms with Crippen molar-refractivity contribution in [3.05, 3.63) is 36.5 Å². The molecular weight excluding hydrogens is 236 g/mol. The monoisotopic (exact) mass is 248 g/mol. The first-order valence-corrected chi connectivity index (χ1v) is 6.16. The zero-order valence-corrected chi connectivity index (χ0v) is 10.1. The van der Waals surface area contributed by atoms with Crippen LogP contribution in [0.25, 0.3) is 0 Å². The quantitative estimate of drug-likeness (QED) is 0.491. The number of nitrogen functional groups attached to an aromatic ring is 1. The van der Waals surface area contributed by atoms with E-state index in [2.05, 4.69) is 15.4 Å². The van der Waals surface area contributed by atoms with Crippen LogP contribution in [0.3, 0.4) is 0 Å². The van der Waals surface area contributed by atoms with Crippen LogP contribution in [-0.2, 0) is 0 Å². The molecule has 1 heterocycles. The molecule has 1 aromatic carbocycles. The Morgan fingerprint density at radius 2 is 2.00 bits per heavy atom. The summed E-state index contributed by atoms with van der Waals surface area (Å²) in [6, 6.07) is 9.43. The third-order valence-electron chi connectivity index (χ3n) is 2.04. The van der Waals surface area contributed by atoms with E-state index in [0.29, 0.717) is 11.8 Å². The van der Waals surface area contributed by atoms with Crippen LogP contribution >= 0.6 is 11.8 Å². The van der Waals surface area contributed by atoms with E-state index in [1.807, 2.05) is 30.5 Å². The molecule has 0 saturated heterocycles. The Morgan fingerprint density at radius 3 is 2.65 bits per heavy atom. The molecule has 88 valence electrons. The standard InChI is InChI=1S/C11H12N4OS/c1-17-9-4-2-8(3-5-9)16-10-6-7-13-11(14-10)15-12/h2-7H,12H2,1H3,(H,13,14,15). The SMILES string of the molecule is CSc1ccc(Oc2ccnc(NN)n2)cc1. The van der Waals surface area contributed by atoms with Crippen molar-refractivity contribution in [3.63, 3.8) is 0 Å².